The molecule has 2 fully saturated rings. The average Bonchev–Trinajstić information content (AvgIpc) is 3.07. The van der Waals surface area contributed by atoms with Crippen LogP contribution < -0.4 is 9.47 Å². The van der Waals surface area contributed by atoms with E-state index in [-0.39, 0.29) is 54.9 Å². The minimum absolute atomic E-state index is 0. The quantitative estimate of drug-likeness (QED) is 0.442. The van der Waals surface area contributed by atoms with Crippen LogP contribution in [-0.2, 0) is 20.9 Å². The zero-order valence-electron chi connectivity index (χ0n) is 19.2. The maximum atomic E-state index is 12.7. The summed E-state index contributed by atoms with van der Waals surface area (Å²) in [7, 11) is 3.30. The molecule has 2 unspecified atom stereocenters. The first-order chi connectivity index (χ1) is 15.5. The van der Waals surface area contributed by atoms with Crippen LogP contribution in [0, 0.1) is 11.8 Å². The third-order valence-corrected chi connectivity index (χ3v) is 6.75. The molecule has 4 rings (SSSR count). The van der Waals surface area contributed by atoms with Crippen LogP contribution >= 0.6 is 12.4 Å². The van der Waals surface area contributed by atoms with E-state index in [0.717, 1.165) is 36.7 Å². The molecule has 1 aromatic rings. The van der Waals surface area contributed by atoms with Gasteiger partial charge in [-0.2, -0.15) is 0 Å². The molecule has 180 valence electrons. The summed E-state index contributed by atoms with van der Waals surface area (Å²) >= 11 is 0. The van der Waals surface area contributed by atoms with Crippen molar-refractivity contribution in [2.24, 2.45) is 11.8 Å². The molecule has 0 aromatic heterocycles. The highest BCUT2D eigenvalue weighted by Crippen LogP contribution is 2.35. The van der Waals surface area contributed by atoms with E-state index in [1.807, 2.05) is 35.3 Å². The van der Waals surface area contributed by atoms with Crippen LogP contribution in [0.2, 0.25) is 0 Å². The van der Waals surface area contributed by atoms with Gasteiger partial charge in [-0.25, -0.2) is 0 Å². The number of allylic oxidation sites excluding steroid dienone is 2. The number of rotatable bonds is 7. The normalized spacial score (nSPS) is 22.7. The van der Waals surface area contributed by atoms with E-state index in [1.165, 1.54) is 4.90 Å². The number of fused-ring (bicyclic) bond motifs is 1. The molecule has 1 aliphatic carbocycles. The van der Waals surface area contributed by atoms with Gasteiger partial charge in [-0.1, -0.05) is 12.2 Å². The maximum absolute atomic E-state index is 12.7. The number of ether oxygens (including phenoxy) is 2. The molecule has 0 saturated carbocycles. The van der Waals surface area contributed by atoms with E-state index in [4.69, 9.17) is 9.47 Å². The number of hydrogen-bond acceptors (Lipinski definition) is 6. The number of nitrogens with zero attached hydrogens (tertiary/aromatic N) is 3. The molecule has 9 heteroatoms. The number of hydrogen-bond donors (Lipinski definition) is 0. The van der Waals surface area contributed by atoms with E-state index >= 15 is 0 Å². The summed E-state index contributed by atoms with van der Waals surface area (Å²) in [5, 5.41) is 0. The molecule has 2 aliphatic heterocycles. The Morgan fingerprint density at radius 3 is 2.18 bits per heavy atom. The summed E-state index contributed by atoms with van der Waals surface area (Å²) in [5.41, 5.74) is 1.05. The van der Waals surface area contributed by atoms with Gasteiger partial charge in [-0.15, -0.1) is 12.4 Å². The fourth-order valence-corrected chi connectivity index (χ4v) is 4.86. The molecule has 0 radical (unpaired) electrons. The van der Waals surface area contributed by atoms with Gasteiger partial charge in [0, 0.05) is 51.3 Å². The van der Waals surface area contributed by atoms with Crippen LogP contribution in [0.15, 0.2) is 30.4 Å². The van der Waals surface area contributed by atoms with Gasteiger partial charge in [0.2, 0.25) is 17.7 Å². The van der Waals surface area contributed by atoms with Gasteiger partial charge in [0.1, 0.15) is 11.5 Å². The summed E-state index contributed by atoms with van der Waals surface area (Å²) in [6.07, 6.45) is 5.39. The smallest absolute Gasteiger partial charge is 0.233 e. The second-order valence-corrected chi connectivity index (χ2v) is 8.57. The lowest BCUT2D eigenvalue weighted by atomic mass is 9.85. The molecule has 2 saturated heterocycles. The maximum Gasteiger partial charge on any atom is 0.233 e. The Morgan fingerprint density at radius 1 is 0.970 bits per heavy atom. The van der Waals surface area contributed by atoms with Crippen LogP contribution in [0.25, 0.3) is 0 Å². The molecular formula is C24H32ClN3O5. The zero-order valence-corrected chi connectivity index (χ0v) is 20.0. The summed E-state index contributed by atoms with van der Waals surface area (Å²) < 4.78 is 10.8. The summed E-state index contributed by atoms with van der Waals surface area (Å²) in [5.74, 6) is 0.899. The third kappa shape index (κ3) is 5.33. The van der Waals surface area contributed by atoms with E-state index in [2.05, 4.69) is 4.90 Å². The predicted molar refractivity (Wildman–Crippen MR) is 125 cm³/mol. The van der Waals surface area contributed by atoms with E-state index in [1.54, 1.807) is 14.2 Å². The minimum Gasteiger partial charge on any atom is -0.497 e. The fourth-order valence-electron chi connectivity index (χ4n) is 4.86. The van der Waals surface area contributed by atoms with Crippen LogP contribution in [0.5, 0.6) is 11.5 Å². The number of methoxy groups -OCH3 is 2. The number of carbonyl (C=O) groups is 3. The minimum atomic E-state index is -0.236. The standard InChI is InChI=1S/C24H31N3O5.ClH/c1-31-18-7-8-21(32-2)17(15-18)16-25-11-13-26(14-12-25)22(28)9-10-27-23(29)19-5-3-4-6-20(19)24(27)30;/h3-4,7-8,15,19-20H,5-6,9-14,16H2,1-2H3;1H. The van der Waals surface area contributed by atoms with Gasteiger partial charge >= 0.3 is 0 Å². The number of imide groups is 1. The Labute approximate surface area is 200 Å². The number of likely N-dealkylation sites (tertiary alicyclic amines) is 1. The summed E-state index contributed by atoms with van der Waals surface area (Å²) in [6.45, 7) is 3.66. The predicted octanol–water partition coefficient (Wildman–Crippen LogP) is 2.11. The van der Waals surface area contributed by atoms with Crippen LogP contribution in [-0.4, -0.2) is 79.4 Å². The molecule has 3 amide bonds. The highest BCUT2D eigenvalue weighted by molar-refractivity contribution is 6.05. The van der Waals surface area contributed by atoms with Crippen molar-refractivity contribution in [3.05, 3.63) is 35.9 Å². The summed E-state index contributed by atoms with van der Waals surface area (Å²) in [4.78, 5) is 43.3. The Morgan fingerprint density at radius 2 is 1.61 bits per heavy atom. The van der Waals surface area contributed by atoms with E-state index < -0.39 is 0 Å². The Hall–Kier alpha value is -2.58. The zero-order chi connectivity index (χ0) is 22.7. The molecule has 33 heavy (non-hydrogen) atoms. The second kappa shape index (κ2) is 11.0. The third-order valence-electron chi connectivity index (χ3n) is 6.75. The lowest BCUT2D eigenvalue weighted by Crippen LogP contribution is -2.49. The SMILES string of the molecule is COc1ccc(OC)c(CN2CCN(C(=O)CCN3C(=O)C4CC=CCC4C3=O)CC2)c1.Cl. The molecule has 0 N–H and O–H groups in total. The Balaban J connectivity index is 0.00000306. The number of carbonyl (C=O) groups excluding carboxylic acids is 3. The molecular weight excluding hydrogens is 446 g/mol. The van der Waals surface area contributed by atoms with Gasteiger partial charge in [-0.3, -0.25) is 24.2 Å². The number of amides is 3. The number of halogens is 1. The van der Waals surface area contributed by atoms with Gasteiger partial charge in [0.25, 0.3) is 0 Å². The Kier molecular flexibility index (Phi) is 8.37. The Bertz CT molecular complexity index is 887. The molecule has 0 bridgehead atoms. The van der Waals surface area contributed by atoms with Crippen LogP contribution in [0.4, 0.5) is 0 Å². The van der Waals surface area contributed by atoms with Gasteiger partial charge in [0.05, 0.1) is 26.1 Å². The lowest BCUT2D eigenvalue weighted by molar-refractivity contribution is -0.141. The van der Waals surface area contributed by atoms with Crippen molar-refractivity contribution in [3.8, 4) is 11.5 Å². The second-order valence-electron chi connectivity index (χ2n) is 8.57. The first-order valence-electron chi connectivity index (χ1n) is 11.2. The molecule has 0 spiro atoms. The number of piperazine rings is 1. The average molecular weight is 478 g/mol. The van der Waals surface area contributed by atoms with E-state index in [9.17, 15) is 14.4 Å². The lowest BCUT2D eigenvalue weighted by Gasteiger charge is -2.35. The summed E-state index contributed by atoms with van der Waals surface area (Å²) in [6, 6.07) is 5.76. The first-order valence-corrected chi connectivity index (χ1v) is 11.2. The van der Waals surface area contributed by atoms with Gasteiger partial charge in [-0.05, 0) is 31.0 Å². The molecule has 2 heterocycles. The number of benzene rings is 1. The highest BCUT2D eigenvalue weighted by Gasteiger charge is 2.47. The van der Waals surface area contributed by atoms with Crippen molar-refractivity contribution >= 4 is 30.1 Å². The van der Waals surface area contributed by atoms with Crippen molar-refractivity contribution in [1.29, 1.82) is 0 Å². The van der Waals surface area contributed by atoms with Crippen molar-refractivity contribution in [2.45, 2.75) is 25.8 Å². The molecule has 8 nitrogen and oxygen atoms in total. The highest BCUT2D eigenvalue weighted by atomic mass is 35.5. The van der Waals surface area contributed by atoms with Gasteiger partial charge < -0.3 is 14.4 Å². The van der Waals surface area contributed by atoms with Gasteiger partial charge in [0.15, 0.2) is 0 Å². The largest absolute Gasteiger partial charge is 0.497 e. The monoisotopic (exact) mass is 477 g/mol. The molecule has 1 aromatic carbocycles. The fraction of sp³-hybridized carbons (Fsp3) is 0.542. The van der Waals surface area contributed by atoms with Crippen LogP contribution in [0.3, 0.4) is 0 Å². The van der Waals surface area contributed by atoms with Crippen molar-refractivity contribution in [3.63, 3.8) is 0 Å². The van der Waals surface area contributed by atoms with Crippen molar-refractivity contribution in [2.75, 3.05) is 46.9 Å². The molecule has 2 atom stereocenters. The first kappa shape index (κ1) is 25.1. The van der Waals surface area contributed by atoms with Crippen molar-refractivity contribution < 1.29 is 23.9 Å². The molecule has 3 aliphatic rings. The van der Waals surface area contributed by atoms with Crippen LogP contribution in [0.1, 0.15) is 24.8 Å². The van der Waals surface area contributed by atoms with E-state index in [0.29, 0.717) is 25.9 Å². The topological polar surface area (TPSA) is 79.4 Å². The van der Waals surface area contributed by atoms with Crippen molar-refractivity contribution in [1.82, 2.24) is 14.7 Å².